The highest BCUT2D eigenvalue weighted by atomic mass is 35.5. The Hall–Kier alpha value is -1.29. The van der Waals surface area contributed by atoms with Crippen molar-refractivity contribution in [3.63, 3.8) is 0 Å². The Bertz CT molecular complexity index is 996. The highest BCUT2D eigenvalue weighted by Crippen LogP contribution is 2.24. The van der Waals surface area contributed by atoms with E-state index >= 15 is 0 Å². The molecule has 1 amide bonds. The maximum Gasteiger partial charge on any atom is 0.252 e. The minimum atomic E-state index is -3.70. The van der Waals surface area contributed by atoms with Crippen LogP contribution < -0.4 is 5.32 Å². The Balaban J connectivity index is 1.57. The third-order valence-corrected chi connectivity index (χ3v) is 8.14. The van der Waals surface area contributed by atoms with Gasteiger partial charge in [0.05, 0.1) is 28.7 Å². The summed E-state index contributed by atoms with van der Waals surface area (Å²) in [7, 11) is -3.70. The van der Waals surface area contributed by atoms with Crippen LogP contribution in [0.2, 0.25) is 10.0 Å². The van der Waals surface area contributed by atoms with Gasteiger partial charge in [-0.05, 0) is 29.8 Å². The molecular formula is C20H22Cl2N2O4S2. The number of nitrogens with zero attached hydrogens (tertiary/aromatic N) is 1. The molecule has 1 saturated heterocycles. The van der Waals surface area contributed by atoms with Crippen LogP contribution in [-0.2, 0) is 20.5 Å². The number of morpholine rings is 1. The molecule has 1 N–H and O–H groups in total. The first-order valence-corrected chi connectivity index (χ1v) is 12.7. The molecule has 0 unspecified atom stereocenters. The minimum Gasteiger partial charge on any atom is -0.379 e. The van der Waals surface area contributed by atoms with E-state index in [2.05, 4.69) is 5.32 Å². The van der Waals surface area contributed by atoms with E-state index in [1.807, 2.05) is 24.3 Å². The third kappa shape index (κ3) is 5.90. The number of carbonyl (C=O) groups is 1. The van der Waals surface area contributed by atoms with Crippen LogP contribution >= 0.6 is 35.0 Å². The minimum absolute atomic E-state index is 0.0482. The predicted molar refractivity (Wildman–Crippen MR) is 121 cm³/mol. The zero-order valence-corrected chi connectivity index (χ0v) is 19.3. The monoisotopic (exact) mass is 488 g/mol. The lowest BCUT2D eigenvalue weighted by Gasteiger charge is -2.26. The normalized spacial score (nSPS) is 15.1. The van der Waals surface area contributed by atoms with Gasteiger partial charge in [0.25, 0.3) is 5.91 Å². The Morgan fingerprint density at radius 2 is 1.83 bits per heavy atom. The van der Waals surface area contributed by atoms with Gasteiger partial charge in [-0.2, -0.15) is 16.1 Å². The number of nitrogens with one attached hydrogen (secondary N) is 1. The Kier molecular flexibility index (Phi) is 8.44. The van der Waals surface area contributed by atoms with E-state index in [0.29, 0.717) is 25.5 Å². The Morgan fingerprint density at radius 3 is 2.57 bits per heavy atom. The quantitative estimate of drug-likeness (QED) is 0.573. The van der Waals surface area contributed by atoms with Crippen molar-refractivity contribution in [2.75, 3.05) is 38.6 Å². The van der Waals surface area contributed by atoms with E-state index in [1.165, 1.54) is 22.5 Å². The van der Waals surface area contributed by atoms with Crippen LogP contribution in [0.5, 0.6) is 0 Å². The highest BCUT2D eigenvalue weighted by molar-refractivity contribution is 7.98. The second kappa shape index (κ2) is 10.8. The zero-order valence-electron chi connectivity index (χ0n) is 16.1. The van der Waals surface area contributed by atoms with Crippen molar-refractivity contribution >= 4 is 50.9 Å². The van der Waals surface area contributed by atoms with Gasteiger partial charge in [-0.25, -0.2) is 8.42 Å². The van der Waals surface area contributed by atoms with E-state index in [4.69, 9.17) is 27.9 Å². The van der Waals surface area contributed by atoms with Crippen molar-refractivity contribution in [3.05, 3.63) is 63.6 Å². The molecule has 1 heterocycles. The molecule has 0 bridgehead atoms. The van der Waals surface area contributed by atoms with E-state index in [-0.39, 0.29) is 28.6 Å². The lowest BCUT2D eigenvalue weighted by molar-refractivity contribution is 0.0730. The Morgan fingerprint density at radius 1 is 1.10 bits per heavy atom. The molecule has 6 nitrogen and oxygen atoms in total. The first kappa shape index (κ1) is 23.4. The molecule has 0 atom stereocenters. The number of halogens is 2. The number of rotatable bonds is 8. The van der Waals surface area contributed by atoms with Crippen molar-refractivity contribution in [2.24, 2.45) is 0 Å². The van der Waals surface area contributed by atoms with E-state index in [9.17, 15) is 13.2 Å². The molecule has 10 heteroatoms. The largest absolute Gasteiger partial charge is 0.379 e. The molecule has 1 aliphatic rings. The SMILES string of the molecule is O=C(NCCSCc1ccccc1Cl)c1cc(S(=O)(=O)N2CCOCC2)ccc1Cl. The molecule has 162 valence electrons. The summed E-state index contributed by atoms with van der Waals surface area (Å²) in [6.45, 7) is 1.70. The fraction of sp³-hybridized carbons (Fsp3) is 0.350. The van der Waals surface area contributed by atoms with Gasteiger partial charge in [-0.1, -0.05) is 41.4 Å². The number of benzene rings is 2. The van der Waals surface area contributed by atoms with Gasteiger partial charge in [-0.15, -0.1) is 0 Å². The first-order valence-electron chi connectivity index (χ1n) is 9.36. The van der Waals surface area contributed by atoms with Gasteiger partial charge >= 0.3 is 0 Å². The number of thioether (sulfide) groups is 1. The molecule has 0 saturated carbocycles. The number of hydrogen-bond acceptors (Lipinski definition) is 5. The molecule has 2 aromatic rings. The molecule has 1 aliphatic heterocycles. The second-order valence-corrected chi connectivity index (χ2v) is 10.4. The van der Waals surface area contributed by atoms with Gasteiger partial charge < -0.3 is 10.1 Å². The summed E-state index contributed by atoms with van der Waals surface area (Å²) in [6, 6.07) is 11.8. The first-order chi connectivity index (χ1) is 14.4. The molecule has 0 spiro atoms. The molecule has 0 radical (unpaired) electrons. The van der Waals surface area contributed by atoms with Gasteiger partial charge in [-0.3, -0.25) is 4.79 Å². The van der Waals surface area contributed by atoms with E-state index in [0.717, 1.165) is 16.3 Å². The average Bonchev–Trinajstić information content (AvgIpc) is 2.75. The fourth-order valence-electron chi connectivity index (χ4n) is 2.90. The van der Waals surface area contributed by atoms with Crippen molar-refractivity contribution in [2.45, 2.75) is 10.6 Å². The molecule has 3 rings (SSSR count). The molecule has 1 fully saturated rings. The van der Waals surface area contributed by atoms with E-state index < -0.39 is 15.9 Å². The maximum atomic E-state index is 12.8. The third-order valence-electron chi connectivity index (χ3n) is 4.54. The van der Waals surface area contributed by atoms with Crippen LogP contribution in [0, 0.1) is 0 Å². The van der Waals surface area contributed by atoms with Crippen LogP contribution in [0.15, 0.2) is 47.4 Å². The van der Waals surface area contributed by atoms with Crippen molar-refractivity contribution < 1.29 is 17.9 Å². The van der Waals surface area contributed by atoms with Crippen molar-refractivity contribution in [3.8, 4) is 0 Å². The molecule has 0 aromatic heterocycles. The van der Waals surface area contributed by atoms with Gasteiger partial charge in [0.1, 0.15) is 0 Å². The van der Waals surface area contributed by atoms with Crippen LogP contribution in [0.1, 0.15) is 15.9 Å². The number of carbonyl (C=O) groups excluding carboxylic acids is 1. The average molecular weight is 489 g/mol. The molecule has 0 aliphatic carbocycles. The van der Waals surface area contributed by atoms with Gasteiger partial charge in [0, 0.05) is 36.2 Å². The standard InChI is InChI=1S/C20H22Cl2N2O4S2/c21-18-4-2-1-3-15(18)14-29-12-7-23-20(25)17-13-16(5-6-19(17)22)30(26,27)24-8-10-28-11-9-24/h1-6,13H,7-12,14H2,(H,23,25). The lowest BCUT2D eigenvalue weighted by atomic mass is 10.2. The number of sulfonamides is 1. The van der Waals surface area contributed by atoms with Gasteiger partial charge in [0.15, 0.2) is 0 Å². The predicted octanol–water partition coefficient (Wildman–Crippen LogP) is 3.68. The molecule has 2 aromatic carbocycles. The second-order valence-electron chi connectivity index (χ2n) is 6.56. The fourth-order valence-corrected chi connectivity index (χ4v) is 5.69. The Labute approximate surface area is 190 Å². The smallest absolute Gasteiger partial charge is 0.252 e. The zero-order chi connectivity index (χ0) is 21.6. The van der Waals surface area contributed by atoms with Crippen LogP contribution in [0.4, 0.5) is 0 Å². The summed E-state index contributed by atoms with van der Waals surface area (Å²) in [6.07, 6.45) is 0. The van der Waals surface area contributed by atoms with Crippen LogP contribution in [0.3, 0.4) is 0 Å². The summed E-state index contributed by atoms with van der Waals surface area (Å²) in [4.78, 5) is 12.6. The molecule has 30 heavy (non-hydrogen) atoms. The summed E-state index contributed by atoms with van der Waals surface area (Å²) in [5, 5.41) is 3.72. The summed E-state index contributed by atoms with van der Waals surface area (Å²) in [5.41, 5.74) is 1.18. The van der Waals surface area contributed by atoms with Crippen molar-refractivity contribution in [1.29, 1.82) is 0 Å². The highest BCUT2D eigenvalue weighted by Gasteiger charge is 2.27. The summed E-state index contributed by atoms with van der Waals surface area (Å²) < 4.78 is 32.2. The number of hydrogen-bond donors (Lipinski definition) is 1. The maximum absolute atomic E-state index is 12.8. The molecular weight excluding hydrogens is 467 g/mol. The number of amides is 1. The van der Waals surface area contributed by atoms with Gasteiger partial charge in [0.2, 0.25) is 10.0 Å². The van der Waals surface area contributed by atoms with Crippen molar-refractivity contribution in [1.82, 2.24) is 9.62 Å². The summed E-state index contributed by atoms with van der Waals surface area (Å²) >= 11 is 13.9. The number of ether oxygens (including phenoxy) is 1. The summed E-state index contributed by atoms with van der Waals surface area (Å²) in [5.74, 6) is 1.02. The van der Waals surface area contributed by atoms with Crippen LogP contribution in [-0.4, -0.2) is 57.2 Å². The van der Waals surface area contributed by atoms with E-state index in [1.54, 1.807) is 11.8 Å². The van der Waals surface area contributed by atoms with Crippen LogP contribution in [0.25, 0.3) is 0 Å². The lowest BCUT2D eigenvalue weighted by Crippen LogP contribution is -2.40. The topological polar surface area (TPSA) is 75.7 Å².